The highest BCUT2D eigenvalue weighted by molar-refractivity contribution is 6.31. The summed E-state index contributed by atoms with van der Waals surface area (Å²) >= 11 is 5.97. The third-order valence-electron chi connectivity index (χ3n) is 4.88. The van der Waals surface area contributed by atoms with E-state index in [1.807, 2.05) is 25.1 Å². The second-order valence-corrected chi connectivity index (χ2v) is 7.74. The maximum atomic E-state index is 12.9. The number of nitrogens with zero attached hydrogens (tertiary/aromatic N) is 2. The number of hydrogen-bond acceptors (Lipinski definition) is 5. The van der Waals surface area contributed by atoms with Crippen molar-refractivity contribution in [2.24, 2.45) is 0 Å². The maximum Gasteiger partial charge on any atom is 0.255 e. The van der Waals surface area contributed by atoms with E-state index in [1.165, 1.54) is 0 Å². The minimum Gasteiger partial charge on any atom is -0.379 e. The molecule has 1 heterocycles. The van der Waals surface area contributed by atoms with E-state index in [4.69, 9.17) is 16.3 Å². The van der Waals surface area contributed by atoms with Crippen molar-refractivity contribution >= 4 is 34.8 Å². The fourth-order valence-electron chi connectivity index (χ4n) is 3.27. The molecule has 2 aromatic rings. The topological polar surface area (TPSA) is 73.9 Å². The van der Waals surface area contributed by atoms with E-state index in [1.54, 1.807) is 36.4 Å². The Morgan fingerprint density at radius 3 is 2.57 bits per heavy atom. The highest BCUT2D eigenvalue weighted by atomic mass is 35.5. The van der Waals surface area contributed by atoms with Gasteiger partial charge >= 0.3 is 0 Å². The van der Waals surface area contributed by atoms with Crippen LogP contribution in [0.25, 0.3) is 0 Å². The molecule has 0 aromatic heterocycles. The van der Waals surface area contributed by atoms with Gasteiger partial charge in [0.15, 0.2) is 0 Å². The molecule has 1 aliphatic heterocycles. The zero-order chi connectivity index (χ0) is 21.5. The van der Waals surface area contributed by atoms with E-state index in [-0.39, 0.29) is 11.8 Å². The second kappa shape index (κ2) is 10.4. The summed E-state index contributed by atoms with van der Waals surface area (Å²) < 4.78 is 5.35. The highest BCUT2D eigenvalue weighted by Gasteiger charge is 2.16. The van der Waals surface area contributed by atoms with Crippen LogP contribution in [0.3, 0.4) is 0 Å². The highest BCUT2D eigenvalue weighted by Crippen LogP contribution is 2.23. The van der Waals surface area contributed by atoms with Crippen molar-refractivity contribution in [2.45, 2.75) is 0 Å². The average molecular weight is 431 g/mol. The minimum absolute atomic E-state index is 0.175. The predicted octanol–water partition coefficient (Wildman–Crippen LogP) is 2.72. The van der Waals surface area contributed by atoms with Crippen LogP contribution in [0.1, 0.15) is 20.7 Å². The Balaban J connectivity index is 1.68. The molecule has 30 heavy (non-hydrogen) atoms. The van der Waals surface area contributed by atoms with E-state index in [0.717, 1.165) is 38.5 Å². The Labute approximate surface area is 181 Å². The third kappa shape index (κ3) is 5.95. The third-order valence-corrected chi connectivity index (χ3v) is 5.12. The van der Waals surface area contributed by atoms with Crippen LogP contribution in [0.5, 0.6) is 0 Å². The number of halogens is 1. The Kier molecular flexibility index (Phi) is 7.68. The van der Waals surface area contributed by atoms with E-state index < -0.39 is 0 Å². The SMILES string of the molecule is CN(C)c1ccc(NC(=O)c2cccc(Cl)c2)cc1C(=O)NCCN1CCOCC1. The quantitative estimate of drug-likeness (QED) is 0.706. The molecule has 1 fully saturated rings. The Morgan fingerprint density at radius 2 is 1.87 bits per heavy atom. The second-order valence-electron chi connectivity index (χ2n) is 7.30. The fraction of sp³-hybridized carbons (Fsp3) is 0.364. The molecular weight excluding hydrogens is 404 g/mol. The molecular formula is C22H27ClN4O3. The summed E-state index contributed by atoms with van der Waals surface area (Å²) in [7, 11) is 3.76. The predicted molar refractivity (Wildman–Crippen MR) is 120 cm³/mol. The first-order valence-corrected chi connectivity index (χ1v) is 10.3. The first kappa shape index (κ1) is 22.1. The number of carbonyl (C=O) groups is 2. The van der Waals surface area contributed by atoms with Crippen LogP contribution >= 0.6 is 11.6 Å². The van der Waals surface area contributed by atoms with Crippen LogP contribution in [-0.4, -0.2) is 70.2 Å². The molecule has 2 amide bonds. The molecule has 8 heteroatoms. The molecule has 0 atom stereocenters. The van der Waals surface area contributed by atoms with Crippen molar-refractivity contribution < 1.29 is 14.3 Å². The fourth-order valence-corrected chi connectivity index (χ4v) is 3.46. The minimum atomic E-state index is -0.284. The summed E-state index contributed by atoms with van der Waals surface area (Å²) in [6.45, 7) is 4.54. The number of benzene rings is 2. The molecule has 2 aromatic carbocycles. The van der Waals surface area contributed by atoms with Gasteiger partial charge < -0.3 is 20.3 Å². The van der Waals surface area contributed by atoms with Crippen molar-refractivity contribution in [3.8, 4) is 0 Å². The number of hydrogen-bond donors (Lipinski definition) is 2. The summed E-state index contributed by atoms with van der Waals surface area (Å²) in [5.74, 6) is -0.459. The number of anilines is 2. The number of carbonyl (C=O) groups excluding carboxylic acids is 2. The average Bonchev–Trinajstić information content (AvgIpc) is 2.74. The van der Waals surface area contributed by atoms with Gasteiger partial charge in [0.05, 0.1) is 18.8 Å². The molecule has 2 N–H and O–H groups in total. The molecule has 0 unspecified atom stereocenters. The van der Waals surface area contributed by atoms with E-state index in [9.17, 15) is 9.59 Å². The van der Waals surface area contributed by atoms with Crippen LogP contribution < -0.4 is 15.5 Å². The van der Waals surface area contributed by atoms with Crippen molar-refractivity contribution in [3.63, 3.8) is 0 Å². The number of morpholine rings is 1. The summed E-state index contributed by atoms with van der Waals surface area (Å²) in [5.41, 5.74) is 2.28. The first-order valence-electron chi connectivity index (χ1n) is 9.90. The lowest BCUT2D eigenvalue weighted by atomic mass is 10.1. The lowest BCUT2D eigenvalue weighted by Crippen LogP contribution is -2.41. The van der Waals surface area contributed by atoms with E-state index in [0.29, 0.717) is 28.4 Å². The van der Waals surface area contributed by atoms with Crippen molar-refractivity contribution in [1.29, 1.82) is 0 Å². The molecule has 7 nitrogen and oxygen atoms in total. The van der Waals surface area contributed by atoms with Gasteiger partial charge in [-0.1, -0.05) is 17.7 Å². The largest absolute Gasteiger partial charge is 0.379 e. The van der Waals surface area contributed by atoms with Gasteiger partial charge in [-0.2, -0.15) is 0 Å². The lowest BCUT2D eigenvalue weighted by Gasteiger charge is -2.26. The van der Waals surface area contributed by atoms with E-state index in [2.05, 4.69) is 15.5 Å². The zero-order valence-electron chi connectivity index (χ0n) is 17.3. The van der Waals surface area contributed by atoms with Gasteiger partial charge in [-0.05, 0) is 36.4 Å². The number of rotatable bonds is 7. The van der Waals surface area contributed by atoms with Crippen LogP contribution in [0.2, 0.25) is 5.02 Å². The molecule has 3 rings (SSSR count). The van der Waals surface area contributed by atoms with Crippen LogP contribution in [-0.2, 0) is 4.74 Å². The zero-order valence-corrected chi connectivity index (χ0v) is 18.0. The van der Waals surface area contributed by atoms with Gasteiger partial charge in [-0.25, -0.2) is 0 Å². The summed E-state index contributed by atoms with van der Waals surface area (Å²) in [6.07, 6.45) is 0. The molecule has 160 valence electrons. The van der Waals surface area contributed by atoms with Crippen molar-refractivity contribution in [3.05, 3.63) is 58.6 Å². The Hall–Kier alpha value is -2.61. The Bertz CT molecular complexity index is 898. The molecule has 1 saturated heterocycles. The van der Waals surface area contributed by atoms with Crippen molar-refractivity contribution in [1.82, 2.24) is 10.2 Å². The van der Waals surface area contributed by atoms with Gasteiger partial charge in [0.25, 0.3) is 11.8 Å². The molecule has 0 spiro atoms. The van der Waals surface area contributed by atoms with Gasteiger partial charge in [0.1, 0.15) is 0 Å². The first-order chi connectivity index (χ1) is 14.4. The van der Waals surface area contributed by atoms with Gasteiger partial charge in [-0.15, -0.1) is 0 Å². The summed E-state index contributed by atoms with van der Waals surface area (Å²) in [4.78, 5) is 29.5. The van der Waals surface area contributed by atoms with Crippen molar-refractivity contribution in [2.75, 3.05) is 63.7 Å². The summed E-state index contributed by atoms with van der Waals surface area (Å²) in [6, 6.07) is 12.0. The Morgan fingerprint density at radius 1 is 1.10 bits per heavy atom. The normalized spacial score (nSPS) is 14.2. The molecule has 0 saturated carbocycles. The standard InChI is InChI=1S/C22H27ClN4O3/c1-26(2)20-7-6-18(25-21(28)16-4-3-5-17(23)14-16)15-19(20)22(29)24-8-9-27-10-12-30-13-11-27/h3-7,14-15H,8-13H2,1-2H3,(H,24,29)(H,25,28). The lowest BCUT2D eigenvalue weighted by molar-refractivity contribution is 0.0383. The number of nitrogens with one attached hydrogen (secondary N) is 2. The van der Waals surface area contributed by atoms with Gasteiger partial charge in [-0.3, -0.25) is 14.5 Å². The van der Waals surface area contributed by atoms with E-state index >= 15 is 0 Å². The van der Waals surface area contributed by atoms with Gasteiger partial charge in [0.2, 0.25) is 0 Å². The maximum absolute atomic E-state index is 12.9. The molecule has 0 bridgehead atoms. The smallest absolute Gasteiger partial charge is 0.255 e. The number of ether oxygens (including phenoxy) is 1. The van der Waals surface area contributed by atoms with Crippen LogP contribution in [0, 0.1) is 0 Å². The summed E-state index contributed by atoms with van der Waals surface area (Å²) in [5, 5.41) is 6.31. The monoisotopic (exact) mass is 430 g/mol. The molecule has 0 radical (unpaired) electrons. The van der Waals surface area contributed by atoms with Crippen LogP contribution in [0.4, 0.5) is 11.4 Å². The van der Waals surface area contributed by atoms with Gasteiger partial charge in [0, 0.05) is 62.2 Å². The molecule has 1 aliphatic rings. The van der Waals surface area contributed by atoms with Crippen LogP contribution in [0.15, 0.2) is 42.5 Å². The number of amides is 2. The molecule has 0 aliphatic carbocycles.